The van der Waals surface area contributed by atoms with E-state index in [1.165, 1.54) is 11.1 Å². The number of amides is 1. The second-order valence-electron chi connectivity index (χ2n) is 5.92. The Bertz CT molecular complexity index is 528. The summed E-state index contributed by atoms with van der Waals surface area (Å²) in [5.41, 5.74) is 2.33. The third kappa shape index (κ3) is 1.46. The SMILES string of the molecule is O=C(O)N1C2CCC1CC1(C2)OCc2ccccc21. The van der Waals surface area contributed by atoms with Gasteiger partial charge in [-0.05, 0) is 24.0 Å². The van der Waals surface area contributed by atoms with Gasteiger partial charge in [-0.1, -0.05) is 24.3 Å². The van der Waals surface area contributed by atoms with Crippen molar-refractivity contribution in [2.24, 2.45) is 0 Å². The molecule has 0 saturated carbocycles. The predicted molar refractivity (Wildman–Crippen MR) is 68.8 cm³/mol. The fourth-order valence-electron chi connectivity index (χ4n) is 4.24. The lowest BCUT2D eigenvalue weighted by Gasteiger charge is -2.43. The average Bonchev–Trinajstić information content (AvgIpc) is 2.88. The molecular weight excluding hydrogens is 242 g/mol. The second kappa shape index (κ2) is 3.73. The molecule has 1 aromatic rings. The van der Waals surface area contributed by atoms with Crippen molar-refractivity contribution in [3.8, 4) is 0 Å². The number of ether oxygens (including phenoxy) is 1. The van der Waals surface area contributed by atoms with Crippen LogP contribution in [0.2, 0.25) is 0 Å². The third-order valence-electron chi connectivity index (χ3n) is 4.98. The lowest BCUT2D eigenvalue weighted by Crippen LogP contribution is -2.51. The minimum atomic E-state index is -0.770. The molecule has 4 rings (SSSR count). The summed E-state index contributed by atoms with van der Waals surface area (Å²) >= 11 is 0. The van der Waals surface area contributed by atoms with Crippen molar-refractivity contribution in [3.05, 3.63) is 35.4 Å². The fourth-order valence-corrected chi connectivity index (χ4v) is 4.24. The Balaban J connectivity index is 1.72. The van der Waals surface area contributed by atoms with Gasteiger partial charge in [-0.15, -0.1) is 0 Å². The summed E-state index contributed by atoms with van der Waals surface area (Å²) in [5, 5.41) is 9.33. The molecule has 3 heterocycles. The molecule has 4 nitrogen and oxygen atoms in total. The summed E-state index contributed by atoms with van der Waals surface area (Å²) in [6.07, 6.45) is 2.81. The number of nitrogens with zero attached hydrogens (tertiary/aromatic N) is 1. The molecule has 2 bridgehead atoms. The number of rotatable bonds is 0. The Labute approximate surface area is 112 Å². The smallest absolute Gasteiger partial charge is 0.407 e. The predicted octanol–water partition coefficient (Wildman–Crippen LogP) is 2.72. The first-order valence-corrected chi connectivity index (χ1v) is 6.93. The van der Waals surface area contributed by atoms with Crippen LogP contribution in [0, 0.1) is 0 Å². The van der Waals surface area contributed by atoms with Crippen molar-refractivity contribution in [2.75, 3.05) is 0 Å². The van der Waals surface area contributed by atoms with Gasteiger partial charge in [0, 0.05) is 24.9 Å². The number of hydrogen-bond donors (Lipinski definition) is 1. The molecule has 0 radical (unpaired) electrons. The minimum Gasteiger partial charge on any atom is -0.465 e. The highest BCUT2D eigenvalue weighted by Gasteiger charge is 2.53. The Hall–Kier alpha value is -1.55. The van der Waals surface area contributed by atoms with E-state index in [9.17, 15) is 9.90 Å². The van der Waals surface area contributed by atoms with Gasteiger partial charge in [0.1, 0.15) is 0 Å². The summed E-state index contributed by atoms with van der Waals surface area (Å²) in [5.74, 6) is 0. The molecule has 2 saturated heterocycles. The van der Waals surface area contributed by atoms with E-state index in [0.29, 0.717) is 6.61 Å². The Kier molecular flexibility index (Phi) is 2.22. The maximum atomic E-state index is 11.3. The molecule has 2 fully saturated rings. The standard InChI is InChI=1S/C15H17NO3/c17-14(18)16-11-5-6-12(16)8-15(7-11)13-4-2-1-3-10(13)9-19-15/h1-4,11-12H,5-9H2,(H,17,18). The molecule has 0 aliphatic carbocycles. The molecule has 4 heteroatoms. The van der Waals surface area contributed by atoms with Gasteiger partial charge in [0.25, 0.3) is 0 Å². The normalized spacial score (nSPS) is 35.7. The van der Waals surface area contributed by atoms with Crippen LogP contribution in [-0.4, -0.2) is 28.2 Å². The van der Waals surface area contributed by atoms with Gasteiger partial charge in [-0.2, -0.15) is 0 Å². The highest BCUT2D eigenvalue weighted by Crippen LogP contribution is 2.51. The summed E-state index contributed by atoms with van der Waals surface area (Å²) in [6.45, 7) is 0.669. The van der Waals surface area contributed by atoms with E-state index in [0.717, 1.165) is 25.7 Å². The van der Waals surface area contributed by atoms with Gasteiger partial charge in [-0.3, -0.25) is 0 Å². The Morgan fingerprint density at radius 3 is 2.63 bits per heavy atom. The van der Waals surface area contributed by atoms with Crippen molar-refractivity contribution in [2.45, 2.75) is 50.0 Å². The van der Waals surface area contributed by atoms with E-state index in [1.807, 2.05) is 6.07 Å². The first kappa shape index (κ1) is 11.3. The zero-order chi connectivity index (χ0) is 13.0. The monoisotopic (exact) mass is 259 g/mol. The van der Waals surface area contributed by atoms with Crippen LogP contribution in [0.1, 0.15) is 36.8 Å². The average molecular weight is 259 g/mol. The quantitative estimate of drug-likeness (QED) is 0.779. The van der Waals surface area contributed by atoms with Gasteiger partial charge >= 0.3 is 6.09 Å². The maximum absolute atomic E-state index is 11.3. The zero-order valence-corrected chi connectivity index (χ0v) is 10.7. The topological polar surface area (TPSA) is 49.8 Å². The van der Waals surface area contributed by atoms with E-state index >= 15 is 0 Å². The lowest BCUT2D eigenvalue weighted by atomic mass is 9.80. The van der Waals surface area contributed by atoms with Gasteiger partial charge in [0.15, 0.2) is 0 Å². The van der Waals surface area contributed by atoms with Gasteiger partial charge < -0.3 is 14.7 Å². The molecule has 1 spiro atoms. The maximum Gasteiger partial charge on any atom is 0.407 e. The number of carbonyl (C=O) groups is 1. The van der Waals surface area contributed by atoms with E-state index in [-0.39, 0.29) is 17.7 Å². The van der Waals surface area contributed by atoms with Crippen LogP contribution in [0.25, 0.3) is 0 Å². The van der Waals surface area contributed by atoms with Crippen LogP contribution in [0.5, 0.6) is 0 Å². The van der Waals surface area contributed by atoms with Crippen LogP contribution >= 0.6 is 0 Å². The van der Waals surface area contributed by atoms with E-state index < -0.39 is 6.09 Å². The van der Waals surface area contributed by atoms with Crippen LogP contribution in [-0.2, 0) is 16.9 Å². The van der Waals surface area contributed by atoms with E-state index in [4.69, 9.17) is 4.74 Å². The fraction of sp³-hybridized carbons (Fsp3) is 0.533. The van der Waals surface area contributed by atoms with E-state index in [2.05, 4.69) is 18.2 Å². The molecule has 0 aromatic heterocycles. The molecule has 1 aromatic carbocycles. The summed E-state index contributed by atoms with van der Waals surface area (Å²) in [6, 6.07) is 8.63. The zero-order valence-electron chi connectivity index (χ0n) is 10.7. The highest BCUT2D eigenvalue weighted by atomic mass is 16.5. The van der Waals surface area contributed by atoms with Crippen molar-refractivity contribution in [1.29, 1.82) is 0 Å². The third-order valence-corrected chi connectivity index (χ3v) is 4.98. The molecule has 2 unspecified atom stereocenters. The molecule has 1 amide bonds. The summed E-state index contributed by atoms with van der Waals surface area (Å²) in [4.78, 5) is 13.0. The first-order valence-electron chi connectivity index (χ1n) is 6.93. The van der Waals surface area contributed by atoms with Crippen LogP contribution < -0.4 is 0 Å². The molecule has 3 aliphatic rings. The van der Waals surface area contributed by atoms with E-state index in [1.54, 1.807) is 4.90 Å². The number of benzene rings is 1. The molecular formula is C15H17NO3. The molecule has 2 atom stereocenters. The Morgan fingerprint density at radius 2 is 1.95 bits per heavy atom. The summed E-state index contributed by atoms with van der Waals surface area (Å²) < 4.78 is 6.14. The second-order valence-corrected chi connectivity index (χ2v) is 5.92. The van der Waals surface area contributed by atoms with Crippen molar-refractivity contribution >= 4 is 6.09 Å². The van der Waals surface area contributed by atoms with Crippen LogP contribution in [0.15, 0.2) is 24.3 Å². The minimum absolute atomic E-state index is 0.127. The van der Waals surface area contributed by atoms with Crippen molar-refractivity contribution < 1.29 is 14.6 Å². The molecule has 1 N–H and O–H groups in total. The van der Waals surface area contributed by atoms with Gasteiger partial charge in [0.2, 0.25) is 0 Å². The number of piperidine rings is 1. The lowest BCUT2D eigenvalue weighted by molar-refractivity contribution is -0.0941. The largest absolute Gasteiger partial charge is 0.465 e. The first-order chi connectivity index (χ1) is 9.20. The molecule has 100 valence electrons. The van der Waals surface area contributed by atoms with Crippen LogP contribution in [0.4, 0.5) is 4.79 Å². The highest BCUT2D eigenvalue weighted by molar-refractivity contribution is 5.67. The van der Waals surface area contributed by atoms with Crippen molar-refractivity contribution in [1.82, 2.24) is 4.90 Å². The van der Waals surface area contributed by atoms with Crippen LogP contribution in [0.3, 0.4) is 0 Å². The molecule has 3 aliphatic heterocycles. The summed E-state index contributed by atoms with van der Waals surface area (Å²) in [7, 11) is 0. The number of hydrogen-bond acceptors (Lipinski definition) is 2. The van der Waals surface area contributed by atoms with Gasteiger partial charge in [-0.25, -0.2) is 4.79 Å². The Morgan fingerprint density at radius 1 is 1.26 bits per heavy atom. The molecule has 19 heavy (non-hydrogen) atoms. The number of carboxylic acid groups (broad SMARTS) is 1. The number of fused-ring (bicyclic) bond motifs is 4. The van der Waals surface area contributed by atoms with Crippen molar-refractivity contribution in [3.63, 3.8) is 0 Å². The van der Waals surface area contributed by atoms with Gasteiger partial charge in [0.05, 0.1) is 12.2 Å².